The molecule has 4 nitrogen and oxygen atoms in total. The van der Waals surface area contributed by atoms with Gasteiger partial charge in [0.2, 0.25) is 0 Å². The zero-order chi connectivity index (χ0) is 10.7. The van der Waals surface area contributed by atoms with E-state index in [0.29, 0.717) is 24.7 Å². The fourth-order valence-electron chi connectivity index (χ4n) is 1.55. The second-order valence-electron chi connectivity index (χ2n) is 3.14. The first kappa shape index (κ1) is 9.84. The van der Waals surface area contributed by atoms with Crippen molar-refractivity contribution in [2.24, 2.45) is 5.84 Å². The zero-order valence-corrected chi connectivity index (χ0v) is 8.19. The number of hydrazine groups is 1. The molecule has 1 atom stereocenters. The summed E-state index contributed by atoms with van der Waals surface area (Å²) in [5.74, 6) is 9.31. The summed E-state index contributed by atoms with van der Waals surface area (Å²) in [5.41, 5.74) is 3.38. The third-order valence-corrected chi connectivity index (χ3v) is 2.24. The fraction of sp³-hybridized carbons (Fsp3) is 0.273. The number of ether oxygens (including phenoxy) is 2. The number of para-hydroxylation sites is 1. The predicted octanol–water partition coefficient (Wildman–Crippen LogP) is 0.595. The van der Waals surface area contributed by atoms with E-state index in [0.717, 1.165) is 5.56 Å². The van der Waals surface area contributed by atoms with Gasteiger partial charge in [0.1, 0.15) is 19.3 Å². The molecule has 0 radical (unpaired) electrons. The van der Waals surface area contributed by atoms with E-state index in [1.165, 1.54) is 0 Å². The lowest BCUT2D eigenvalue weighted by Gasteiger charge is -2.22. The van der Waals surface area contributed by atoms with Crippen molar-refractivity contribution in [3.8, 4) is 23.8 Å². The Hall–Kier alpha value is -1.70. The van der Waals surface area contributed by atoms with Crippen LogP contribution in [0.15, 0.2) is 18.2 Å². The molecule has 0 amide bonds. The minimum absolute atomic E-state index is 0.360. The fourth-order valence-corrected chi connectivity index (χ4v) is 1.55. The number of fused-ring (bicyclic) bond motifs is 1. The molecular weight excluding hydrogens is 192 g/mol. The van der Waals surface area contributed by atoms with E-state index in [9.17, 15) is 0 Å². The van der Waals surface area contributed by atoms with Crippen LogP contribution >= 0.6 is 0 Å². The van der Waals surface area contributed by atoms with Gasteiger partial charge in [-0.2, -0.15) is 0 Å². The first-order valence-corrected chi connectivity index (χ1v) is 4.67. The van der Waals surface area contributed by atoms with Crippen LogP contribution in [-0.4, -0.2) is 13.2 Å². The Labute approximate surface area is 88.3 Å². The van der Waals surface area contributed by atoms with Gasteiger partial charge in [-0.25, -0.2) is 5.43 Å². The average molecular weight is 204 g/mol. The van der Waals surface area contributed by atoms with Gasteiger partial charge in [-0.15, -0.1) is 6.42 Å². The molecular formula is C11H12N2O2. The van der Waals surface area contributed by atoms with Crippen molar-refractivity contribution >= 4 is 0 Å². The molecule has 15 heavy (non-hydrogen) atoms. The molecule has 0 saturated carbocycles. The van der Waals surface area contributed by atoms with Gasteiger partial charge in [-0.1, -0.05) is 18.1 Å². The van der Waals surface area contributed by atoms with Crippen LogP contribution < -0.4 is 20.7 Å². The Morgan fingerprint density at radius 3 is 2.93 bits per heavy atom. The molecule has 4 heteroatoms. The second-order valence-corrected chi connectivity index (χ2v) is 3.14. The topological polar surface area (TPSA) is 56.5 Å². The molecule has 0 bridgehead atoms. The lowest BCUT2D eigenvalue weighted by molar-refractivity contribution is 0.169. The molecule has 1 heterocycles. The van der Waals surface area contributed by atoms with Gasteiger partial charge in [0.15, 0.2) is 11.5 Å². The average Bonchev–Trinajstić information content (AvgIpc) is 2.31. The summed E-state index contributed by atoms with van der Waals surface area (Å²) >= 11 is 0. The lowest BCUT2D eigenvalue weighted by atomic mass is 10.1. The third kappa shape index (κ3) is 1.75. The highest BCUT2D eigenvalue weighted by molar-refractivity contribution is 5.50. The molecule has 1 unspecified atom stereocenters. The molecule has 1 aromatic rings. The standard InChI is InChI=1S/C11H12N2O2/c1-2-9(13-12)8-4-3-5-10-11(8)15-7-6-14-10/h1,3-5,9,13H,6-7,12H2. The molecule has 2 rings (SSSR count). The van der Waals surface area contributed by atoms with Crippen LogP contribution in [0.2, 0.25) is 0 Å². The SMILES string of the molecule is C#CC(NN)c1cccc2c1OCCO2. The molecule has 1 aliphatic rings. The quantitative estimate of drug-likeness (QED) is 0.420. The van der Waals surface area contributed by atoms with Crippen LogP contribution in [0.5, 0.6) is 11.5 Å². The number of terminal acetylenes is 1. The van der Waals surface area contributed by atoms with Crippen LogP contribution in [0.3, 0.4) is 0 Å². The number of benzene rings is 1. The van der Waals surface area contributed by atoms with E-state index in [-0.39, 0.29) is 6.04 Å². The summed E-state index contributed by atoms with van der Waals surface area (Å²) < 4.78 is 11.0. The molecule has 3 N–H and O–H groups in total. The number of nitrogens with two attached hydrogens (primary N) is 1. The van der Waals surface area contributed by atoms with E-state index < -0.39 is 0 Å². The summed E-state index contributed by atoms with van der Waals surface area (Å²) in [6.07, 6.45) is 5.36. The minimum atomic E-state index is -0.360. The van der Waals surface area contributed by atoms with Crippen molar-refractivity contribution in [2.75, 3.05) is 13.2 Å². The maximum atomic E-state index is 5.52. The van der Waals surface area contributed by atoms with E-state index in [4.69, 9.17) is 21.7 Å². The molecule has 0 aliphatic carbocycles. The Morgan fingerprint density at radius 1 is 1.40 bits per heavy atom. The van der Waals surface area contributed by atoms with Crippen molar-refractivity contribution in [1.29, 1.82) is 0 Å². The van der Waals surface area contributed by atoms with Gasteiger partial charge in [-0.3, -0.25) is 5.84 Å². The zero-order valence-electron chi connectivity index (χ0n) is 8.19. The normalized spacial score (nSPS) is 15.5. The largest absolute Gasteiger partial charge is 0.486 e. The first-order valence-electron chi connectivity index (χ1n) is 4.67. The van der Waals surface area contributed by atoms with Crippen LogP contribution in [0.25, 0.3) is 0 Å². The van der Waals surface area contributed by atoms with Crippen LogP contribution in [0, 0.1) is 12.3 Å². The van der Waals surface area contributed by atoms with Gasteiger partial charge in [0.05, 0.1) is 0 Å². The van der Waals surface area contributed by atoms with Gasteiger partial charge in [0, 0.05) is 5.56 Å². The molecule has 0 saturated heterocycles. The van der Waals surface area contributed by atoms with Gasteiger partial charge in [0.25, 0.3) is 0 Å². The van der Waals surface area contributed by atoms with Gasteiger partial charge >= 0.3 is 0 Å². The van der Waals surface area contributed by atoms with E-state index in [1.807, 2.05) is 18.2 Å². The molecule has 0 spiro atoms. The highest BCUT2D eigenvalue weighted by Gasteiger charge is 2.19. The summed E-state index contributed by atoms with van der Waals surface area (Å²) in [7, 11) is 0. The molecule has 1 aromatic carbocycles. The van der Waals surface area contributed by atoms with Crippen LogP contribution in [-0.2, 0) is 0 Å². The Morgan fingerprint density at radius 2 is 2.20 bits per heavy atom. The maximum absolute atomic E-state index is 5.52. The van der Waals surface area contributed by atoms with Crippen molar-refractivity contribution in [1.82, 2.24) is 5.43 Å². The summed E-state index contributed by atoms with van der Waals surface area (Å²) in [6, 6.07) is 5.23. The Bertz CT molecular complexity index is 398. The Kier molecular flexibility index (Phi) is 2.77. The molecule has 0 fully saturated rings. The van der Waals surface area contributed by atoms with Crippen molar-refractivity contribution in [3.05, 3.63) is 23.8 Å². The Balaban J connectivity index is 2.43. The maximum Gasteiger partial charge on any atom is 0.167 e. The molecule has 1 aliphatic heterocycles. The lowest BCUT2D eigenvalue weighted by Crippen LogP contribution is -2.28. The number of hydrogen-bond acceptors (Lipinski definition) is 4. The van der Waals surface area contributed by atoms with Crippen LogP contribution in [0.1, 0.15) is 11.6 Å². The monoisotopic (exact) mass is 204 g/mol. The number of hydrogen-bond donors (Lipinski definition) is 2. The number of nitrogens with one attached hydrogen (secondary N) is 1. The van der Waals surface area contributed by atoms with Gasteiger partial charge in [-0.05, 0) is 6.07 Å². The van der Waals surface area contributed by atoms with E-state index >= 15 is 0 Å². The van der Waals surface area contributed by atoms with Crippen molar-refractivity contribution in [3.63, 3.8) is 0 Å². The van der Waals surface area contributed by atoms with E-state index in [2.05, 4.69) is 11.3 Å². The third-order valence-electron chi connectivity index (χ3n) is 2.24. The highest BCUT2D eigenvalue weighted by Crippen LogP contribution is 2.36. The predicted molar refractivity (Wildman–Crippen MR) is 56.3 cm³/mol. The smallest absolute Gasteiger partial charge is 0.167 e. The molecule has 78 valence electrons. The first-order chi connectivity index (χ1) is 7.36. The molecule has 0 aromatic heterocycles. The van der Waals surface area contributed by atoms with Gasteiger partial charge < -0.3 is 9.47 Å². The summed E-state index contributed by atoms with van der Waals surface area (Å²) in [4.78, 5) is 0. The van der Waals surface area contributed by atoms with Crippen molar-refractivity contribution in [2.45, 2.75) is 6.04 Å². The number of rotatable bonds is 2. The van der Waals surface area contributed by atoms with Crippen molar-refractivity contribution < 1.29 is 9.47 Å². The summed E-state index contributed by atoms with van der Waals surface area (Å²) in [6.45, 7) is 1.10. The van der Waals surface area contributed by atoms with Crippen LogP contribution in [0.4, 0.5) is 0 Å². The minimum Gasteiger partial charge on any atom is -0.486 e. The second kappa shape index (κ2) is 4.22. The summed E-state index contributed by atoms with van der Waals surface area (Å²) in [5, 5.41) is 0. The van der Waals surface area contributed by atoms with E-state index in [1.54, 1.807) is 0 Å². The highest BCUT2D eigenvalue weighted by atomic mass is 16.6.